The van der Waals surface area contributed by atoms with Gasteiger partial charge in [-0.1, -0.05) is 91.1 Å². The Balaban J connectivity index is 1.27. The largest absolute Gasteiger partial charge is 0.449 e. The van der Waals surface area contributed by atoms with Crippen molar-refractivity contribution in [2.75, 3.05) is 13.2 Å². The van der Waals surface area contributed by atoms with E-state index in [1.165, 1.54) is 22.3 Å². The lowest BCUT2D eigenvalue weighted by molar-refractivity contribution is 0.143. The molecule has 4 rings (SSSR count). The van der Waals surface area contributed by atoms with Crippen molar-refractivity contribution in [3.8, 4) is 11.1 Å². The molecule has 0 fully saturated rings. The molecule has 0 aliphatic heterocycles. The van der Waals surface area contributed by atoms with E-state index in [1.54, 1.807) is 0 Å². The second kappa shape index (κ2) is 9.58. The van der Waals surface area contributed by atoms with Crippen LogP contribution in [-0.2, 0) is 4.74 Å². The van der Waals surface area contributed by atoms with Gasteiger partial charge in [-0.25, -0.2) is 4.79 Å². The number of alkyl carbamates (subject to hydrolysis) is 1. The topological polar surface area (TPSA) is 64.3 Å². The Labute approximate surface area is 187 Å². The van der Waals surface area contributed by atoms with Crippen LogP contribution in [0.5, 0.6) is 0 Å². The normalized spacial score (nSPS) is 12.4. The van der Waals surface area contributed by atoms with Crippen molar-refractivity contribution in [1.29, 1.82) is 0 Å². The van der Waals surface area contributed by atoms with Gasteiger partial charge in [-0.2, -0.15) is 0 Å². The molecule has 1 amide bonds. The number of carbonyl (C=O) groups is 1. The number of thiocarbonyl (C=S) groups is 1. The Bertz CT molecular complexity index is 1090. The Morgan fingerprint density at radius 2 is 1.68 bits per heavy atom. The first kappa shape index (κ1) is 20.8. The Morgan fingerprint density at radius 1 is 1.00 bits per heavy atom. The average molecular weight is 429 g/mol. The van der Waals surface area contributed by atoms with E-state index >= 15 is 0 Å². The summed E-state index contributed by atoms with van der Waals surface area (Å²) in [6.45, 7) is 0.823. The molecule has 0 saturated carbocycles. The summed E-state index contributed by atoms with van der Waals surface area (Å²) in [7, 11) is 0. The lowest BCUT2D eigenvalue weighted by Crippen LogP contribution is -2.26. The summed E-state index contributed by atoms with van der Waals surface area (Å²) in [6.07, 6.45) is 4.29. The number of rotatable bonds is 7. The fourth-order valence-electron chi connectivity index (χ4n) is 3.92. The SMILES string of the molecule is NC(=S)c1cccc(C=CCCNC(=O)OCC2c3ccccc3-c3ccccc32)c1. The van der Waals surface area contributed by atoms with Crippen molar-refractivity contribution in [3.63, 3.8) is 0 Å². The predicted octanol–water partition coefficient (Wildman–Crippen LogP) is 5.26. The van der Waals surface area contributed by atoms with Crippen molar-refractivity contribution < 1.29 is 9.53 Å². The third kappa shape index (κ3) is 4.84. The van der Waals surface area contributed by atoms with Crippen LogP contribution in [0.2, 0.25) is 0 Å². The van der Waals surface area contributed by atoms with E-state index in [2.05, 4.69) is 29.6 Å². The van der Waals surface area contributed by atoms with Gasteiger partial charge in [0, 0.05) is 18.0 Å². The van der Waals surface area contributed by atoms with Crippen molar-refractivity contribution in [2.45, 2.75) is 12.3 Å². The smallest absolute Gasteiger partial charge is 0.407 e. The third-order valence-corrected chi connectivity index (χ3v) is 5.64. The molecule has 0 atom stereocenters. The molecule has 0 aromatic heterocycles. The number of hydrogen-bond acceptors (Lipinski definition) is 3. The molecule has 3 aromatic rings. The standard InChI is InChI=1S/C26H24N2O2S/c27-25(31)19-10-7-9-18(16-19)8-5-6-15-28-26(29)30-17-24-22-13-3-1-11-20(22)21-12-2-4-14-23(21)24/h1-5,7-14,16,24H,6,15,17H2,(H2,27,31)(H,28,29). The molecule has 31 heavy (non-hydrogen) atoms. The van der Waals surface area contributed by atoms with Crippen molar-refractivity contribution in [2.24, 2.45) is 5.73 Å². The molecular formula is C26H24N2O2S. The highest BCUT2D eigenvalue weighted by atomic mass is 32.1. The molecule has 0 bridgehead atoms. The van der Waals surface area contributed by atoms with Crippen molar-refractivity contribution >= 4 is 29.4 Å². The molecule has 5 heteroatoms. The number of carbonyl (C=O) groups excluding carboxylic acids is 1. The van der Waals surface area contributed by atoms with E-state index in [1.807, 2.05) is 60.7 Å². The summed E-state index contributed by atoms with van der Waals surface area (Å²) < 4.78 is 5.54. The summed E-state index contributed by atoms with van der Waals surface area (Å²) in [5.74, 6) is 0.0685. The lowest BCUT2D eigenvalue weighted by atomic mass is 9.98. The van der Waals surface area contributed by atoms with E-state index in [9.17, 15) is 4.79 Å². The Morgan fingerprint density at radius 3 is 2.35 bits per heavy atom. The average Bonchev–Trinajstić information content (AvgIpc) is 3.11. The lowest BCUT2D eigenvalue weighted by Gasteiger charge is -2.14. The van der Waals surface area contributed by atoms with Crippen LogP contribution in [0.4, 0.5) is 4.79 Å². The van der Waals surface area contributed by atoms with Crippen LogP contribution < -0.4 is 11.1 Å². The predicted molar refractivity (Wildman–Crippen MR) is 129 cm³/mol. The summed E-state index contributed by atoms with van der Waals surface area (Å²) >= 11 is 5.00. The molecule has 0 heterocycles. The van der Waals surface area contributed by atoms with Crippen LogP contribution in [0.3, 0.4) is 0 Å². The molecule has 1 aliphatic rings. The zero-order chi connectivity index (χ0) is 21.6. The molecule has 0 saturated heterocycles. The molecule has 3 aromatic carbocycles. The minimum atomic E-state index is -0.397. The van der Waals surface area contributed by atoms with Gasteiger partial charge in [0.1, 0.15) is 11.6 Å². The fourth-order valence-corrected chi connectivity index (χ4v) is 4.05. The van der Waals surface area contributed by atoms with Crippen LogP contribution in [0, 0.1) is 0 Å². The number of hydrogen-bond donors (Lipinski definition) is 2. The summed E-state index contributed by atoms with van der Waals surface area (Å²) in [6, 6.07) is 24.3. The van der Waals surface area contributed by atoms with Crippen LogP contribution in [0.25, 0.3) is 17.2 Å². The van der Waals surface area contributed by atoms with E-state index in [0.29, 0.717) is 24.6 Å². The summed E-state index contributed by atoms with van der Waals surface area (Å²) in [4.78, 5) is 12.6. The fraction of sp³-hybridized carbons (Fsp3) is 0.154. The monoisotopic (exact) mass is 428 g/mol. The van der Waals surface area contributed by atoms with Crippen molar-refractivity contribution in [3.05, 3.63) is 101 Å². The maximum atomic E-state index is 12.2. The summed E-state index contributed by atoms with van der Waals surface area (Å²) in [5.41, 5.74) is 12.4. The number of benzene rings is 3. The highest BCUT2D eigenvalue weighted by Gasteiger charge is 2.28. The highest BCUT2D eigenvalue weighted by Crippen LogP contribution is 2.44. The van der Waals surface area contributed by atoms with Gasteiger partial charge in [-0.15, -0.1) is 0 Å². The highest BCUT2D eigenvalue weighted by molar-refractivity contribution is 7.80. The molecular weight excluding hydrogens is 404 g/mol. The number of ether oxygens (including phenoxy) is 1. The first-order valence-corrected chi connectivity index (χ1v) is 10.7. The minimum absolute atomic E-state index is 0.0685. The van der Waals surface area contributed by atoms with Gasteiger partial charge in [0.2, 0.25) is 0 Å². The Kier molecular flexibility index (Phi) is 6.43. The van der Waals surface area contributed by atoms with E-state index in [-0.39, 0.29) is 5.92 Å². The van der Waals surface area contributed by atoms with Gasteiger partial charge in [-0.05, 0) is 40.3 Å². The van der Waals surface area contributed by atoms with Gasteiger partial charge in [0.15, 0.2) is 0 Å². The van der Waals surface area contributed by atoms with E-state index in [4.69, 9.17) is 22.7 Å². The molecule has 4 nitrogen and oxygen atoms in total. The van der Waals surface area contributed by atoms with Gasteiger partial charge >= 0.3 is 6.09 Å². The van der Waals surface area contributed by atoms with E-state index < -0.39 is 6.09 Å². The molecule has 3 N–H and O–H groups in total. The summed E-state index contributed by atoms with van der Waals surface area (Å²) in [5, 5.41) is 2.82. The first-order chi connectivity index (χ1) is 15.1. The van der Waals surface area contributed by atoms with Crippen LogP contribution in [0.1, 0.15) is 34.6 Å². The Hall–Kier alpha value is -3.44. The second-order valence-electron chi connectivity index (χ2n) is 7.43. The maximum Gasteiger partial charge on any atom is 0.407 e. The van der Waals surface area contributed by atoms with Crippen LogP contribution in [0.15, 0.2) is 78.9 Å². The zero-order valence-corrected chi connectivity index (χ0v) is 17.9. The van der Waals surface area contributed by atoms with Gasteiger partial charge in [0.05, 0.1) is 0 Å². The zero-order valence-electron chi connectivity index (χ0n) is 17.1. The van der Waals surface area contributed by atoms with Crippen molar-refractivity contribution in [1.82, 2.24) is 5.32 Å². The second-order valence-corrected chi connectivity index (χ2v) is 7.87. The molecule has 0 radical (unpaired) electrons. The maximum absolute atomic E-state index is 12.2. The third-order valence-electron chi connectivity index (χ3n) is 5.41. The van der Waals surface area contributed by atoms with Gasteiger partial charge < -0.3 is 15.8 Å². The van der Waals surface area contributed by atoms with E-state index in [0.717, 1.165) is 11.1 Å². The van der Waals surface area contributed by atoms with Crippen LogP contribution in [-0.4, -0.2) is 24.2 Å². The molecule has 0 unspecified atom stereocenters. The first-order valence-electron chi connectivity index (χ1n) is 10.3. The molecule has 0 spiro atoms. The molecule has 1 aliphatic carbocycles. The number of amides is 1. The number of nitrogens with one attached hydrogen (secondary N) is 1. The minimum Gasteiger partial charge on any atom is -0.449 e. The van der Waals surface area contributed by atoms with Gasteiger partial charge in [-0.3, -0.25) is 0 Å². The van der Waals surface area contributed by atoms with Crippen LogP contribution >= 0.6 is 12.2 Å². The van der Waals surface area contributed by atoms with Gasteiger partial charge in [0.25, 0.3) is 0 Å². The number of nitrogens with two attached hydrogens (primary N) is 1. The quantitative estimate of drug-likeness (QED) is 0.398. The number of fused-ring (bicyclic) bond motifs is 3. The molecule has 156 valence electrons.